The topological polar surface area (TPSA) is 56.3 Å². The molecule has 5 heteroatoms. The van der Waals surface area contributed by atoms with E-state index in [9.17, 15) is 9.90 Å². The Morgan fingerprint density at radius 2 is 2.10 bits per heavy atom. The van der Waals surface area contributed by atoms with Gasteiger partial charge in [-0.05, 0) is 34.0 Å². The number of nitrogens with one attached hydrogen (secondary N) is 1. The van der Waals surface area contributed by atoms with E-state index in [4.69, 9.17) is 0 Å². The number of H-pyrrole nitrogens is 1. The van der Waals surface area contributed by atoms with Gasteiger partial charge in [-0.1, -0.05) is 30.3 Å². The molecule has 20 heavy (non-hydrogen) atoms. The molecule has 0 aliphatic rings. The number of amides is 1. The second kappa shape index (κ2) is 6.72. The molecule has 0 saturated heterocycles. The first-order valence-corrected chi connectivity index (χ1v) is 7.19. The summed E-state index contributed by atoms with van der Waals surface area (Å²) in [6.07, 6.45) is 2.23. The molecule has 0 aliphatic heterocycles. The standard InChI is InChI=1S/C15H17BrN2O2/c1-18(15(20)13-9-12(16)10-17-13)14(7-8-19)11-5-3-2-4-6-11/h2-6,9-10,14,17,19H,7-8H2,1H3. The van der Waals surface area contributed by atoms with E-state index >= 15 is 0 Å². The fourth-order valence-corrected chi connectivity index (χ4v) is 2.55. The third-order valence-corrected chi connectivity index (χ3v) is 3.71. The lowest BCUT2D eigenvalue weighted by atomic mass is 10.0. The van der Waals surface area contributed by atoms with Crippen LogP contribution in [0.3, 0.4) is 0 Å². The van der Waals surface area contributed by atoms with Gasteiger partial charge in [-0.3, -0.25) is 4.79 Å². The predicted octanol–water partition coefficient (Wildman–Crippen LogP) is 2.97. The molecule has 0 spiro atoms. The Morgan fingerprint density at radius 3 is 2.65 bits per heavy atom. The smallest absolute Gasteiger partial charge is 0.270 e. The highest BCUT2D eigenvalue weighted by atomic mass is 79.9. The molecular formula is C15H17BrN2O2. The summed E-state index contributed by atoms with van der Waals surface area (Å²) in [6.45, 7) is 0.0333. The van der Waals surface area contributed by atoms with E-state index in [0.717, 1.165) is 10.0 Å². The van der Waals surface area contributed by atoms with Crippen molar-refractivity contribution < 1.29 is 9.90 Å². The molecule has 2 N–H and O–H groups in total. The van der Waals surface area contributed by atoms with Gasteiger partial charge in [0.15, 0.2) is 0 Å². The van der Waals surface area contributed by atoms with Crippen LogP contribution in [0.1, 0.15) is 28.5 Å². The number of halogens is 1. The average molecular weight is 337 g/mol. The number of aliphatic hydroxyl groups is 1. The molecule has 2 aromatic rings. The Morgan fingerprint density at radius 1 is 1.40 bits per heavy atom. The molecule has 0 saturated carbocycles. The van der Waals surface area contributed by atoms with Gasteiger partial charge in [-0.25, -0.2) is 0 Å². The first-order chi connectivity index (χ1) is 9.63. The monoisotopic (exact) mass is 336 g/mol. The number of carbonyl (C=O) groups is 1. The highest BCUT2D eigenvalue weighted by Crippen LogP contribution is 2.24. The number of benzene rings is 1. The zero-order chi connectivity index (χ0) is 14.5. The van der Waals surface area contributed by atoms with Crippen molar-refractivity contribution in [1.29, 1.82) is 0 Å². The lowest BCUT2D eigenvalue weighted by Crippen LogP contribution is -2.32. The summed E-state index contributed by atoms with van der Waals surface area (Å²) >= 11 is 3.32. The number of carbonyl (C=O) groups excluding carboxylic acids is 1. The zero-order valence-electron chi connectivity index (χ0n) is 11.2. The maximum Gasteiger partial charge on any atom is 0.270 e. The van der Waals surface area contributed by atoms with Crippen LogP contribution in [-0.4, -0.2) is 34.6 Å². The van der Waals surface area contributed by atoms with Crippen molar-refractivity contribution in [3.63, 3.8) is 0 Å². The number of rotatable bonds is 5. The van der Waals surface area contributed by atoms with Crippen molar-refractivity contribution in [2.24, 2.45) is 0 Å². The third kappa shape index (κ3) is 3.29. The van der Waals surface area contributed by atoms with Gasteiger partial charge in [0.1, 0.15) is 5.69 Å². The number of aromatic amines is 1. The van der Waals surface area contributed by atoms with Crippen LogP contribution in [-0.2, 0) is 0 Å². The molecule has 2 rings (SSSR count). The Balaban J connectivity index is 2.23. The molecule has 0 bridgehead atoms. The molecule has 0 aliphatic carbocycles. The lowest BCUT2D eigenvalue weighted by Gasteiger charge is -2.28. The second-order valence-electron chi connectivity index (χ2n) is 4.59. The van der Waals surface area contributed by atoms with Crippen molar-refractivity contribution in [3.05, 3.63) is 58.3 Å². The van der Waals surface area contributed by atoms with E-state index in [1.807, 2.05) is 30.3 Å². The van der Waals surface area contributed by atoms with Crippen molar-refractivity contribution in [3.8, 4) is 0 Å². The number of aromatic nitrogens is 1. The molecule has 0 radical (unpaired) electrons. The van der Waals surface area contributed by atoms with Crippen LogP contribution < -0.4 is 0 Å². The van der Waals surface area contributed by atoms with Gasteiger partial charge in [0.05, 0.1) is 6.04 Å². The van der Waals surface area contributed by atoms with Crippen LogP contribution in [0.5, 0.6) is 0 Å². The predicted molar refractivity (Wildman–Crippen MR) is 81.5 cm³/mol. The summed E-state index contributed by atoms with van der Waals surface area (Å²) in [6, 6.07) is 11.3. The molecule has 4 nitrogen and oxygen atoms in total. The number of nitrogens with zero attached hydrogens (tertiary/aromatic N) is 1. The highest BCUT2D eigenvalue weighted by Gasteiger charge is 2.23. The number of hydrogen-bond acceptors (Lipinski definition) is 2. The lowest BCUT2D eigenvalue weighted by molar-refractivity contribution is 0.0700. The summed E-state index contributed by atoms with van der Waals surface area (Å²) in [5, 5.41) is 9.25. The van der Waals surface area contributed by atoms with Gasteiger partial charge < -0.3 is 15.0 Å². The molecule has 106 valence electrons. The quantitative estimate of drug-likeness (QED) is 0.881. The van der Waals surface area contributed by atoms with Gasteiger partial charge >= 0.3 is 0 Å². The molecule has 1 amide bonds. The Labute approximate surface area is 126 Å². The van der Waals surface area contributed by atoms with Gasteiger partial charge in [0, 0.05) is 24.3 Å². The zero-order valence-corrected chi connectivity index (χ0v) is 12.8. The molecule has 1 heterocycles. The van der Waals surface area contributed by atoms with Crippen molar-refractivity contribution in [2.45, 2.75) is 12.5 Å². The average Bonchev–Trinajstić information content (AvgIpc) is 2.91. The van der Waals surface area contributed by atoms with Crippen molar-refractivity contribution >= 4 is 21.8 Å². The minimum atomic E-state index is -0.143. The maximum absolute atomic E-state index is 12.4. The Bertz CT molecular complexity index is 568. The van der Waals surface area contributed by atoms with E-state index in [2.05, 4.69) is 20.9 Å². The van der Waals surface area contributed by atoms with Gasteiger partial charge in [0.25, 0.3) is 5.91 Å². The summed E-state index contributed by atoms with van der Waals surface area (Å²) in [4.78, 5) is 17.0. The van der Waals surface area contributed by atoms with E-state index in [1.54, 1.807) is 24.2 Å². The minimum absolute atomic E-state index is 0.0333. The fraction of sp³-hybridized carbons (Fsp3) is 0.267. The molecule has 1 atom stereocenters. The fourth-order valence-electron chi connectivity index (χ4n) is 2.20. The molecule has 1 unspecified atom stereocenters. The van der Waals surface area contributed by atoms with Crippen molar-refractivity contribution in [2.75, 3.05) is 13.7 Å². The van der Waals surface area contributed by atoms with Gasteiger partial charge in [-0.2, -0.15) is 0 Å². The molecule has 1 aromatic heterocycles. The number of aliphatic hydroxyl groups excluding tert-OH is 1. The summed E-state index contributed by atoms with van der Waals surface area (Å²) in [5.74, 6) is -0.0991. The SMILES string of the molecule is CN(C(=O)c1cc(Br)c[nH]1)C(CCO)c1ccccc1. The summed E-state index contributed by atoms with van der Waals surface area (Å²) in [5.41, 5.74) is 1.54. The largest absolute Gasteiger partial charge is 0.396 e. The normalized spacial score (nSPS) is 12.2. The van der Waals surface area contributed by atoms with Crippen LogP contribution in [0, 0.1) is 0 Å². The first-order valence-electron chi connectivity index (χ1n) is 6.40. The highest BCUT2D eigenvalue weighted by molar-refractivity contribution is 9.10. The van der Waals surface area contributed by atoms with E-state index < -0.39 is 0 Å². The van der Waals surface area contributed by atoms with E-state index in [-0.39, 0.29) is 18.6 Å². The number of hydrogen-bond donors (Lipinski definition) is 2. The van der Waals surface area contributed by atoms with Crippen LogP contribution in [0.25, 0.3) is 0 Å². The van der Waals surface area contributed by atoms with Crippen LogP contribution in [0.2, 0.25) is 0 Å². The maximum atomic E-state index is 12.4. The van der Waals surface area contributed by atoms with Crippen molar-refractivity contribution in [1.82, 2.24) is 9.88 Å². The molecule has 0 fully saturated rings. The van der Waals surface area contributed by atoms with E-state index in [0.29, 0.717) is 12.1 Å². The third-order valence-electron chi connectivity index (χ3n) is 3.25. The van der Waals surface area contributed by atoms with E-state index in [1.165, 1.54) is 0 Å². The van der Waals surface area contributed by atoms with Crippen LogP contribution >= 0.6 is 15.9 Å². The molecule has 1 aromatic carbocycles. The summed E-state index contributed by atoms with van der Waals surface area (Å²) < 4.78 is 0.840. The van der Waals surface area contributed by atoms with Crippen LogP contribution in [0.15, 0.2) is 47.1 Å². The van der Waals surface area contributed by atoms with Crippen LogP contribution in [0.4, 0.5) is 0 Å². The summed E-state index contributed by atoms with van der Waals surface area (Å²) in [7, 11) is 1.75. The Hall–Kier alpha value is -1.59. The second-order valence-corrected chi connectivity index (χ2v) is 5.50. The molecular weight excluding hydrogens is 320 g/mol. The Kier molecular flexibility index (Phi) is 4.98. The minimum Gasteiger partial charge on any atom is -0.396 e. The van der Waals surface area contributed by atoms with Gasteiger partial charge in [0.2, 0.25) is 0 Å². The van der Waals surface area contributed by atoms with Gasteiger partial charge in [-0.15, -0.1) is 0 Å². The first kappa shape index (κ1) is 14.8.